The molecule has 1 atom stereocenters. The molecule has 0 amide bonds. The van der Waals surface area contributed by atoms with E-state index >= 15 is 0 Å². The van der Waals surface area contributed by atoms with Crippen molar-refractivity contribution >= 4 is 23.0 Å². The number of benzene rings is 3. The zero-order valence-electron chi connectivity index (χ0n) is 14.4. The summed E-state index contributed by atoms with van der Waals surface area (Å²) in [5, 5.41) is 5.40. The minimum atomic E-state index is -0.0853. The van der Waals surface area contributed by atoms with Crippen LogP contribution in [0.4, 0.5) is 5.69 Å². The van der Waals surface area contributed by atoms with Crippen molar-refractivity contribution in [2.45, 2.75) is 19.4 Å². The molecule has 0 saturated heterocycles. The molecule has 26 heavy (non-hydrogen) atoms. The zero-order valence-corrected chi connectivity index (χ0v) is 15.2. The highest BCUT2D eigenvalue weighted by molar-refractivity contribution is 6.30. The van der Waals surface area contributed by atoms with Gasteiger partial charge in [0.2, 0.25) is 0 Å². The Kier molecular flexibility index (Phi) is 4.63. The molecular formula is C22H19ClN2O. The molecule has 0 fully saturated rings. The van der Waals surface area contributed by atoms with E-state index < -0.39 is 0 Å². The fourth-order valence-corrected chi connectivity index (χ4v) is 3.19. The highest BCUT2D eigenvalue weighted by Crippen LogP contribution is 2.36. The van der Waals surface area contributed by atoms with Crippen molar-refractivity contribution in [3.8, 4) is 5.75 Å². The Morgan fingerprint density at radius 2 is 1.77 bits per heavy atom. The van der Waals surface area contributed by atoms with Gasteiger partial charge in [0.25, 0.3) is 0 Å². The van der Waals surface area contributed by atoms with E-state index in [2.05, 4.69) is 35.7 Å². The highest BCUT2D eigenvalue weighted by Gasteiger charge is 2.26. The Labute approximate surface area is 158 Å². The number of ether oxygens (including phenoxy) is 1. The summed E-state index contributed by atoms with van der Waals surface area (Å²) >= 11 is 6.02. The molecule has 3 aromatic carbocycles. The van der Waals surface area contributed by atoms with Gasteiger partial charge in [-0.1, -0.05) is 48.0 Å². The third-order valence-electron chi connectivity index (χ3n) is 4.43. The first-order chi connectivity index (χ1) is 12.7. The van der Waals surface area contributed by atoms with Crippen LogP contribution in [0.15, 0.2) is 77.9 Å². The summed E-state index contributed by atoms with van der Waals surface area (Å²) in [4.78, 5) is 0. The maximum Gasteiger partial charge on any atom is 0.129 e. The summed E-state index contributed by atoms with van der Waals surface area (Å²) < 4.78 is 6.27. The average Bonchev–Trinajstić information content (AvgIpc) is 2.67. The summed E-state index contributed by atoms with van der Waals surface area (Å²) in [5.41, 5.74) is 8.39. The van der Waals surface area contributed by atoms with Crippen molar-refractivity contribution in [3.05, 3.63) is 94.5 Å². The molecule has 130 valence electrons. The minimum Gasteiger partial charge on any atom is -0.485 e. The van der Waals surface area contributed by atoms with Gasteiger partial charge in [-0.3, -0.25) is 5.43 Å². The number of halogens is 1. The van der Waals surface area contributed by atoms with Crippen molar-refractivity contribution in [3.63, 3.8) is 0 Å². The van der Waals surface area contributed by atoms with E-state index in [9.17, 15) is 0 Å². The minimum absolute atomic E-state index is 0.0853. The number of aryl methyl sites for hydroxylation is 1. The van der Waals surface area contributed by atoms with Gasteiger partial charge in [0.15, 0.2) is 0 Å². The molecule has 1 N–H and O–H groups in total. The zero-order chi connectivity index (χ0) is 17.9. The first kappa shape index (κ1) is 16.7. The van der Waals surface area contributed by atoms with Gasteiger partial charge in [-0.05, 0) is 54.4 Å². The lowest BCUT2D eigenvalue weighted by Crippen LogP contribution is -2.22. The Morgan fingerprint density at radius 3 is 2.54 bits per heavy atom. The van der Waals surface area contributed by atoms with Crippen LogP contribution in [0, 0.1) is 6.92 Å². The lowest BCUT2D eigenvalue weighted by molar-refractivity contribution is 0.206. The molecule has 3 nitrogen and oxygen atoms in total. The molecule has 1 heterocycles. The summed E-state index contributed by atoms with van der Waals surface area (Å²) in [5.74, 6) is 0.866. The largest absolute Gasteiger partial charge is 0.485 e. The summed E-state index contributed by atoms with van der Waals surface area (Å²) in [6.07, 6.45) is 0.607. The fourth-order valence-electron chi connectivity index (χ4n) is 3.06. The number of nitrogens with zero attached hydrogens (tertiary/aromatic N) is 1. The average molecular weight is 363 g/mol. The van der Waals surface area contributed by atoms with Crippen LogP contribution in [0.25, 0.3) is 0 Å². The van der Waals surface area contributed by atoms with Crippen molar-refractivity contribution in [1.29, 1.82) is 0 Å². The smallest absolute Gasteiger partial charge is 0.129 e. The molecule has 4 rings (SSSR count). The van der Waals surface area contributed by atoms with E-state index in [1.165, 1.54) is 0 Å². The number of fused-ring (bicyclic) bond motifs is 1. The lowest BCUT2D eigenvalue weighted by atomic mass is 9.95. The van der Waals surface area contributed by atoms with Crippen LogP contribution in [-0.2, 0) is 0 Å². The predicted molar refractivity (Wildman–Crippen MR) is 107 cm³/mol. The van der Waals surface area contributed by atoms with Crippen molar-refractivity contribution < 1.29 is 4.74 Å². The SMILES string of the molecule is Cc1ccc2c(c1)OC(c1ccc(Cl)cc1)C/C2=N\Nc1ccccc1. The second-order valence-electron chi connectivity index (χ2n) is 6.40. The Bertz CT molecular complexity index is 936. The topological polar surface area (TPSA) is 33.6 Å². The quantitative estimate of drug-likeness (QED) is 0.581. The second kappa shape index (κ2) is 7.22. The van der Waals surface area contributed by atoms with E-state index in [-0.39, 0.29) is 6.10 Å². The van der Waals surface area contributed by atoms with E-state index in [0.717, 1.165) is 38.9 Å². The molecule has 0 bridgehead atoms. The maximum atomic E-state index is 6.27. The summed E-state index contributed by atoms with van der Waals surface area (Å²) in [6, 6.07) is 24.0. The Morgan fingerprint density at radius 1 is 1.00 bits per heavy atom. The highest BCUT2D eigenvalue weighted by atomic mass is 35.5. The standard InChI is InChI=1S/C22H19ClN2O/c1-15-7-12-19-20(25-24-18-5-3-2-4-6-18)14-21(26-22(19)13-15)16-8-10-17(23)11-9-16/h2-13,21,24H,14H2,1H3/b25-20+. The van der Waals surface area contributed by atoms with Crippen LogP contribution in [0.1, 0.15) is 29.2 Å². The lowest BCUT2D eigenvalue weighted by Gasteiger charge is -2.28. The first-order valence-corrected chi connectivity index (χ1v) is 8.97. The molecule has 0 radical (unpaired) electrons. The van der Waals surface area contributed by atoms with Gasteiger partial charge in [0.1, 0.15) is 11.9 Å². The molecular weight excluding hydrogens is 344 g/mol. The molecule has 0 spiro atoms. The number of hydrogen-bond acceptors (Lipinski definition) is 3. The fraction of sp³-hybridized carbons (Fsp3) is 0.136. The number of hydrogen-bond donors (Lipinski definition) is 1. The molecule has 4 heteroatoms. The van der Waals surface area contributed by atoms with Gasteiger partial charge < -0.3 is 4.74 Å². The van der Waals surface area contributed by atoms with Gasteiger partial charge in [-0.15, -0.1) is 0 Å². The molecule has 1 unspecified atom stereocenters. The summed E-state index contributed by atoms with van der Waals surface area (Å²) in [6.45, 7) is 2.06. The van der Waals surface area contributed by atoms with Gasteiger partial charge in [-0.25, -0.2) is 0 Å². The summed E-state index contributed by atoms with van der Waals surface area (Å²) in [7, 11) is 0. The number of rotatable bonds is 3. The third kappa shape index (κ3) is 3.58. The molecule has 1 aliphatic heterocycles. The van der Waals surface area contributed by atoms with Gasteiger partial charge in [-0.2, -0.15) is 5.10 Å². The molecule has 1 aliphatic rings. The molecule has 0 aromatic heterocycles. The van der Waals surface area contributed by atoms with Gasteiger partial charge in [0, 0.05) is 17.0 Å². The second-order valence-corrected chi connectivity index (χ2v) is 6.83. The van der Waals surface area contributed by atoms with Crippen LogP contribution >= 0.6 is 11.6 Å². The number of para-hydroxylation sites is 1. The van der Waals surface area contributed by atoms with Gasteiger partial charge in [0.05, 0.1) is 11.4 Å². The van der Waals surface area contributed by atoms with Gasteiger partial charge >= 0.3 is 0 Å². The van der Waals surface area contributed by atoms with Crippen LogP contribution in [0.2, 0.25) is 5.02 Å². The molecule has 3 aromatic rings. The Balaban J connectivity index is 1.68. The van der Waals surface area contributed by atoms with E-state index in [1.807, 2.05) is 54.6 Å². The normalized spacial score (nSPS) is 17.5. The maximum absolute atomic E-state index is 6.27. The van der Waals surface area contributed by atoms with Crippen LogP contribution in [-0.4, -0.2) is 5.71 Å². The van der Waals surface area contributed by atoms with Crippen LogP contribution in [0.3, 0.4) is 0 Å². The number of hydrazone groups is 1. The van der Waals surface area contributed by atoms with Crippen LogP contribution < -0.4 is 10.2 Å². The van der Waals surface area contributed by atoms with E-state index in [4.69, 9.17) is 16.3 Å². The molecule has 0 aliphatic carbocycles. The monoisotopic (exact) mass is 362 g/mol. The predicted octanol–water partition coefficient (Wildman–Crippen LogP) is 5.99. The van der Waals surface area contributed by atoms with Crippen molar-refractivity contribution in [1.82, 2.24) is 0 Å². The van der Waals surface area contributed by atoms with E-state index in [0.29, 0.717) is 6.42 Å². The first-order valence-electron chi connectivity index (χ1n) is 8.60. The van der Waals surface area contributed by atoms with Crippen molar-refractivity contribution in [2.75, 3.05) is 5.43 Å². The van der Waals surface area contributed by atoms with Crippen LogP contribution in [0.5, 0.6) is 5.75 Å². The van der Waals surface area contributed by atoms with Crippen molar-refractivity contribution in [2.24, 2.45) is 5.10 Å². The number of anilines is 1. The number of nitrogens with one attached hydrogen (secondary N) is 1. The Hall–Kier alpha value is -2.78. The molecule has 0 saturated carbocycles. The third-order valence-corrected chi connectivity index (χ3v) is 4.68. The van der Waals surface area contributed by atoms with E-state index in [1.54, 1.807) is 0 Å².